The van der Waals surface area contributed by atoms with Crippen LogP contribution in [0.4, 0.5) is 0 Å². The van der Waals surface area contributed by atoms with Crippen molar-refractivity contribution in [3.8, 4) is 11.5 Å². The Balaban J connectivity index is 2.96. The summed E-state index contributed by atoms with van der Waals surface area (Å²) in [6.07, 6.45) is -0.929. The normalized spacial score (nSPS) is 12.6. The number of methoxy groups -OCH3 is 1. The lowest BCUT2D eigenvalue weighted by atomic mass is 10.1. The molecule has 1 aromatic rings. The SMILES string of the molecule is COc1cc(Cl)cc(CNC(C)C)c1OCC(O)CO. The number of ether oxygens (including phenoxy) is 2. The molecule has 0 heterocycles. The lowest BCUT2D eigenvalue weighted by molar-refractivity contribution is 0.0523. The summed E-state index contributed by atoms with van der Waals surface area (Å²) in [6.45, 7) is 4.29. The number of halogens is 1. The lowest BCUT2D eigenvalue weighted by Gasteiger charge is -2.18. The molecule has 1 unspecified atom stereocenters. The first-order chi connectivity index (χ1) is 9.47. The molecule has 0 aromatic heterocycles. The summed E-state index contributed by atoms with van der Waals surface area (Å²) in [6, 6.07) is 3.76. The minimum Gasteiger partial charge on any atom is -0.493 e. The van der Waals surface area contributed by atoms with Crippen LogP contribution in [0.2, 0.25) is 5.02 Å². The van der Waals surface area contributed by atoms with Crippen molar-refractivity contribution < 1.29 is 19.7 Å². The average molecular weight is 304 g/mol. The molecule has 0 aliphatic rings. The molecule has 0 bridgehead atoms. The second-order valence-corrected chi connectivity index (χ2v) is 5.22. The van der Waals surface area contributed by atoms with Crippen LogP contribution in [-0.2, 0) is 6.54 Å². The van der Waals surface area contributed by atoms with Crippen LogP contribution in [-0.4, -0.2) is 42.7 Å². The third-order valence-electron chi connectivity index (χ3n) is 2.65. The summed E-state index contributed by atoms with van der Waals surface area (Å²) in [5.41, 5.74) is 0.841. The fourth-order valence-electron chi connectivity index (χ4n) is 1.62. The van der Waals surface area contributed by atoms with Crippen molar-refractivity contribution in [3.63, 3.8) is 0 Å². The first-order valence-electron chi connectivity index (χ1n) is 6.49. The van der Waals surface area contributed by atoms with Crippen LogP contribution in [0.3, 0.4) is 0 Å². The zero-order valence-corrected chi connectivity index (χ0v) is 12.8. The Morgan fingerprint density at radius 1 is 1.35 bits per heavy atom. The maximum Gasteiger partial charge on any atom is 0.165 e. The van der Waals surface area contributed by atoms with E-state index in [1.54, 1.807) is 12.1 Å². The van der Waals surface area contributed by atoms with E-state index in [9.17, 15) is 5.11 Å². The number of benzene rings is 1. The standard InChI is InChI=1S/C14H22ClNO4/c1-9(2)16-6-10-4-11(15)5-13(19-3)14(10)20-8-12(18)7-17/h4-5,9,12,16-18H,6-8H2,1-3H3. The van der Waals surface area contributed by atoms with Gasteiger partial charge in [-0.1, -0.05) is 25.4 Å². The van der Waals surface area contributed by atoms with Gasteiger partial charge in [-0.2, -0.15) is 0 Å². The van der Waals surface area contributed by atoms with E-state index in [-0.39, 0.29) is 13.2 Å². The van der Waals surface area contributed by atoms with Gasteiger partial charge in [0.2, 0.25) is 0 Å². The van der Waals surface area contributed by atoms with Crippen LogP contribution < -0.4 is 14.8 Å². The van der Waals surface area contributed by atoms with Crippen molar-refractivity contribution in [3.05, 3.63) is 22.7 Å². The number of nitrogens with one attached hydrogen (secondary N) is 1. The Bertz CT molecular complexity index is 426. The second-order valence-electron chi connectivity index (χ2n) is 4.78. The second kappa shape index (κ2) is 8.32. The molecular formula is C14H22ClNO4. The summed E-state index contributed by atoms with van der Waals surface area (Å²) < 4.78 is 10.8. The van der Waals surface area contributed by atoms with E-state index in [4.69, 9.17) is 26.2 Å². The smallest absolute Gasteiger partial charge is 0.165 e. The molecule has 0 radical (unpaired) electrons. The first kappa shape index (κ1) is 17.0. The Labute approximate surface area is 124 Å². The molecule has 0 amide bonds. The van der Waals surface area contributed by atoms with Gasteiger partial charge in [0.1, 0.15) is 12.7 Å². The minimum atomic E-state index is -0.929. The quantitative estimate of drug-likeness (QED) is 0.680. The Hall–Kier alpha value is -1.01. The van der Waals surface area contributed by atoms with Crippen molar-refractivity contribution in [2.24, 2.45) is 0 Å². The van der Waals surface area contributed by atoms with Crippen molar-refractivity contribution >= 4 is 11.6 Å². The fourth-order valence-corrected chi connectivity index (χ4v) is 1.85. The van der Waals surface area contributed by atoms with Gasteiger partial charge in [-0.05, 0) is 6.07 Å². The summed E-state index contributed by atoms with van der Waals surface area (Å²) in [5.74, 6) is 1.03. The maximum atomic E-state index is 9.39. The molecular weight excluding hydrogens is 282 g/mol. The molecule has 0 aliphatic carbocycles. The third kappa shape index (κ3) is 5.17. The van der Waals surface area contributed by atoms with E-state index in [1.807, 2.05) is 13.8 Å². The molecule has 0 saturated heterocycles. The summed E-state index contributed by atoms with van der Waals surface area (Å²) in [7, 11) is 1.53. The van der Waals surface area contributed by atoms with Gasteiger partial charge >= 0.3 is 0 Å². The van der Waals surface area contributed by atoms with Gasteiger partial charge in [-0.3, -0.25) is 0 Å². The predicted molar refractivity (Wildman–Crippen MR) is 78.6 cm³/mol. The average Bonchev–Trinajstić information content (AvgIpc) is 2.42. The summed E-state index contributed by atoms with van der Waals surface area (Å²) in [4.78, 5) is 0. The van der Waals surface area contributed by atoms with E-state index < -0.39 is 6.10 Å². The van der Waals surface area contributed by atoms with E-state index in [0.29, 0.717) is 29.1 Å². The molecule has 0 aliphatic heterocycles. The maximum absolute atomic E-state index is 9.39. The highest BCUT2D eigenvalue weighted by atomic mass is 35.5. The van der Waals surface area contributed by atoms with Crippen molar-refractivity contribution in [2.75, 3.05) is 20.3 Å². The zero-order chi connectivity index (χ0) is 15.1. The highest BCUT2D eigenvalue weighted by Gasteiger charge is 2.15. The highest BCUT2D eigenvalue weighted by molar-refractivity contribution is 6.30. The van der Waals surface area contributed by atoms with Gasteiger partial charge in [0.05, 0.1) is 13.7 Å². The van der Waals surface area contributed by atoms with E-state index in [2.05, 4.69) is 5.32 Å². The predicted octanol–water partition coefficient (Wildman–Crippen LogP) is 1.58. The monoisotopic (exact) mass is 303 g/mol. The molecule has 3 N–H and O–H groups in total. The molecule has 6 heteroatoms. The molecule has 1 rings (SSSR count). The van der Waals surface area contributed by atoms with Crippen molar-refractivity contribution in [2.45, 2.75) is 32.5 Å². The lowest BCUT2D eigenvalue weighted by Crippen LogP contribution is -2.24. The van der Waals surface area contributed by atoms with Crippen LogP contribution in [0.5, 0.6) is 11.5 Å². The van der Waals surface area contributed by atoms with Crippen molar-refractivity contribution in [1.29, 1.82) is 0 Å². The van der Waals surface area contributed by atoms with Crippen LogP contribution in [0, 0.1) is 0 Å². The molecule has 0 fully saturated rings. The van der Waals surface area contributed by atoms with E-state index in [1.165, 1.54) is 7.11 Å². The zero-order valence-electron chi connectivity index (χ0n) is 12.0. The van der Waals surface area contributed by atoms with Gasteiger partial charge in [-0.25, -0.2) is 0 Å². The molecule has 114 valence electrons. The summed E-state index contributed by atoms with van der Waals surface area (Å²) >= 11 is 6.05. The minimum absolute atomic E-state index is 0.0107. The van der Waals surface area contributed by atoms with Crippen molar-refractivity contribution in [1.82, 2.24) is 5.32 Å². The van der Waals surface area contributed by atoms with Crippen LogP contribution in [0.15, 0.2) is 12.1 Å². The van der Waals surface area contributed by atoms with E-state index >= 15 is 0 Å². The number of hydrogen-bond donors (Lipinski definition) is 3. The van der Waals surface area contributed by atoms with Gasteiger partial charge < -0.3 is 25.0 Å². The van der Waals surface area contributed by atoms with Gasteiger partial charge in [-0.15, -0.1) is 0 Å². The number of hydrogen-bond acceptors (Lipinski definition) is 5. The fraction of sp³-hybridized carbons (Fsp3) is 0.571. The van der Waals surface area contributed by atoms with Crippen LogP contribution >= 0.6 is 11.6 Å². The van der Waals surface area contributed by atoms with Gasteiger partial charge in [0, 0.05) is 29.2 Å². The number of aliphatic hydroxyl groups excluding tert-OH is 2. The Morgan fingerprint density at radius 3 is 2.60 bits per heavy atom. The van der Waals surface area contributed by atoms with Gasteiger partial charge in [0.25, 0.3) is 0 Å². The van der Waals surface area contributed by atoms with Crippen LogP contribution in [0.1, 0.15) is 19.4 Å². The molecule has 1 atom stereocenters. The topological polar surface area (TPSA) is 71.0 Å². The van der Waals surface area contributed by atoms with Crippen LogP contribution in [0.25, 0.3) is 0 Å². The molecule has 0 saturated carbocycles. The molecule has 1 aromatic carbocycles. The molecule has 0 spiro atoms. The molecule has 20 heavy (non-hydrogen) atoms. The third-order valence-corrected chi connectivity index (χ3v) is 2.87. The number of rotatable bonds is 8. The number of aliphatic hydroxyl groups is 2. The summed E-state index contributed by atoms with van der Waals surface area (Å²) in [5, 5.41) is 22.1. The first-order valence-corrected chi connectivity index (χ1v) is 6.87. The highest BCUT2D eigenvalue weighted by Crippen LogP contribution is 2.34. The van der Waals surface area contributed by atoms with E-state index in [0.717, 1.165) is 5.56 Å². The Kier molecular flexibility index (Phi) is 7.09. The molecule has 5 nitrogen and oxygen atoms in total. The Morgan fingerprint density at radius 2 is 2.05 bits per heavy atom. The van der Waals surface area contributed by atoms with Gasteiger partial charge in [0.15, 0.2) is 11.5 Å². The largest absolute Gasteiger partial charge is 0.493 e.